The minimum atomic E-state index is -4.14. The van der Waals surface area contributed by atoms with Crippen molar-refractivity contribution in [3.05, 3.63) is 94.5 Å². The monoisotopic (exact) mass is 595 g/mol. The lowest BCUT2D eigenvalue weighted by Gasteiger charge is -2.34. The molecule has 0 aromatic heterocycles. The van der Waals surface area contributed by atoms with E-state index in [1.807, 2.05) is 37.3 Å². The van der Waals surface area contributed by atoms with Gasteiger partial charge in [-0.2, -0.15) is 0 Å². The largest absolute Gasteiger partial charge is 0.352 e. The molecule has 0 heterocycles. The van der Waals surface area contributed by atoms with Crippen LogP contribution in [-0.4, -0.2) is 43.8 Å². The summed E-state index contributed by atoms with van der Waals surface area (Å²) in [6.07, 6.45) is 5.14. The van der Waals surface area contributed by atoms with Crippen molar-refractivity contribution in [1.29, 1.82) is 0 Å². The van der Waals surface area contributed by atoms with Crippen LogP contribution in [0.3, 0.4) is 0 Å². The summed E-state index contributed by atoms with van der Waals surface area (Å²) >= 11 is 6.03. The first kappa shape index (κ1) is 30.6. The highest BCUT2D eigenvalue weighted by atomic mass is 35.5. The average molecular weight is 596 g/mol. The predicted molar refractivity (Wildman–Crippen MR) is 163 cm³/mol. The molecule has 4 rings (SSSR count). The number of benzene rings is 3. The lowest BCUT2D eigenvalue weighted by Crippen LogP contribution is -2.53. The molecule has 1 aliphatic carbocycles. The second kappa shape index (κ2) is 13.5. The first-order valence-electron chi connectivity index (χ1n) is 14.1. The van der Waals surface area contributed by atoms with Gasteiger partial charge in [0, 0.05) is 17.6 Å². The molecule has 1 saturated carbocycles. The summed E-state index contributed by atoms with van der Waals surface area (Å²) in [7, 11) is -4.14. The van der Waals surface area contributed by atoms with Gasteiger partial charge in [0.2, 0.25) is 11.8 Å². The molecule has 3 aromatic carbocycles. The fourth-order valence-corrected chi connectivity index (χ4v) is 6.82. The maximum absolute atomic E-state index is 14.1. The van der Waals surface area contributed by atoms with E-state index in [-0.39, 0.29) is 23.4 Å². The summed E-state index contributed by atoms with van der Waals surface area (Å²) in [6.45, 7) is 5.17. The molecule has 0 radical (unpaired) electrons. The first-order valence-corrected chi connectivity index (χ1v) is 15.9. The number of nitrogens with one attached hydrogen (secondary N) is 1. The average Bonchev–Trinajstić information content (AvgIpc) is 2.96. The van der Waals surface area contributed by atoms with Gasteiger partial charge in [-0.15, -0.1) is 0 Å². The zero-order valence-electron chi connectivity index (χ0n) is 23.8. The van der Waals surface area contributed by atoms with Gasteiger partial charge in [-0.05, 0) is 80.6 Å². The Morgan fingerprint density at radius 3 is 2.15 bits per heavy atom. The quantitative estimate of drug-likeness (QED) is 0.311. The summed E-state index contributed by atoms with van der Waals surface area (Å²) in [5.74, 6) is -0.706. The molecule has 218 valence electrons. The van der Waals surface area contributed by atoms with Gasteiger partial charge in [0.15, 0.2) is 0 Å². The van der Waals surface area contributed by atoms with E-state index in [1.165, 1.54) is 29.2 Å². The van der Waals surface area contributed by atoms with Crippen molar-refractivity contribution < 1.29 is 18.0 Å². The number of carbonyl (C=O) groups excluding carboxylic acids is 2. The van der Waals surface area contributed by atoms with Crippen LogP contribution in [0.15, 0.2) is 77.7 Å². The van der Waals surface area contributed by atoms with Crippen molar-refractivity contribution in [3.8, 4) is 0 Å². The summed E-state index contributed by atoms with van der Waals surface area (Å²) in [6, 6.07) is 19.9. The molecule has 3 aromatic rings. The Labute approximate surface area is 248 Å². The maximum Gasteiger partial charge on any atom is 0.264 e. The number of para-hydroxylation sites is 1. The molecule has 7 nitrogen and oxygen atoms in total. The van der Waals surface area contributed by atoms with Crippen LogP contribution >= 0.6 is 11.6 Å². The Morgan fingerprint density at radius 2 is 1.51 bits per heavy atom. The lowest BCUT2D eigenvalue weighted by molar-refractivity contribution is -0.139. The number of halogens is 1. The summed E-state index contributed by atoms with van der Waals surface area (Å²) in [5, 5.41) is 3.54. The van der Waals surface area contributed by atoms with Gasteiger partial charge in [-0.3, -0.25) is 13.9 Å². The van der Waals surface area contributed by atoms with Crippen LogP contribution < -0.4 is 9.62 Å². The number of nitrogens with zero attached hydrogens (tertiary/aromatic N) is 2. The Hall–Kier alpha value is -3.36. The Balaban J connectivity index is 1.69. The highest BCUT2D eigenvalue weighted by molar-refractivity contribution is 7.92. The van der Waals surface area contributed by atoms with Gasteiger partial charge in [0.05, 0.1) is 10.6 Å². The molecule has 0 bridgehead atoms. The van der Waals surface area contributed by atoms with E-state index in [1.54, 1.807) is 32.0 Å². The van der Waals surface area contributed by atoms with Crippen LogP contribution in [0.4, 0.5) is 5.69 Å². The highest BCUT2D eigenvalue weighted by Crippen LogP contribution is 2.28. The van der Waals surface area contributed by atoms with E-state index >= 15 is 0 Å². The Kier molecular flexibility index (Phi) is 10.1. The molecule has 1 aliphatic rings. The molecule has 0 saturated heterocycles. The van der Waals surface area contributed by atoms with E-state index in [2.05, 4.69) is 5.32 Å². The van der Waals surface area contributed by atoms with E-state index in [0.717, 1.165) is 47.5 Å². The third-order valence-electron chi connectivity index (χ3n) is 7.79. The maximum atomic E-state index is 14.1. The molecule has 2 amide bonds. The number of sulfonamides is 1. The van der Waals surface area contributed by atoms with Crippen LogP contribution in [0.1, 0.15) is 55.7 Å². The number of anilines is 1. The van der Waals surface area contributed by atoms with Crippen molar-refractivity contribution in [2.75, 3.05) is 10.8 Å². The number of amides is 2. The van der Waals surface area contributed by atoms with E-state index in [4.69, 9.17) is 11.6 Å². The summed E-state index contributed by atoms with van der Waals surface area (Å²) in [4.78, 5) is 29.1. The van der Waals surface area contributed by atoms with Gasteiger partial charge >= 0.3 is 0 Å². The highest BCUT2D eigenvalue weighted by Gasteiger charge is 2.33. The van der Waals surface area contributed by atoms with Crippen LogP contribution in [-0.2, 0) is 26.2 Å². The third kappa shape index (κ3) is 7.49. The molecule has 1 atom stereocenters. The van der Waals surface area contributed by atoms with Crippen LogP contribution in [0, 0.1) is 13.8 Å². The van der Waals surface area contributed by atoms with Crippen LogP contribution in [0.25, 0.3) is 0 Å². The number of hydrogen-bond donors (Lipinski definition) is 1. The second-order valence-corrected chi connectivity index (χ2v) is 13.0. The van der Waals surface area contributed by atoms with E-state index in [9.17, 15) is 18.0 Å². The van der Waals surface area contributed by atoms with Crippen molar-refractivity contribution in [2.45, 2.75) is 76.4 Å². The molecule has 0 unspecified atom stereocenters. The van der Waals surface area contributed by atoms with Gasteiger partial charge in [-0.1, -0.05) is 73.3 Å². The van der Waals surface area contributed by atoms with Crippen molar-refractivity contribution in [3.63, 3.8) is 0 Å². The molecule has 9 heteroatoms. The first-order chi connectivity index (χ1) is 19.6. The van der Waals surface area contributed by atoms with E-state index in [0.29, 0.717) is 16.3 Å². The zero-order valence-corrected chi connectivity index (χ0v) is 25.4. The topological polar surface area (TPSA) is 86.8 Å². The number of aryl methyl sites for hydroxylation is 2. The standard InChI is InChI=1S/C32H38ClN3O4S/c1-23-11-7-9-13-26(23)21-35(25(3)32(38)34-28-14-5-4-6-15-28)31(37)22-36(30-16-10-8-12-24(30)2)41(39,40)29-19-17-27(33)18-20-29/h7-13,16-20,25,28H,4-6,14-15,21-22H2,1-3H3,(H,34,38)/t25-/m0/s1. The molecule has 0 aliphatic heterocycles. The third-order valence-corrected chi connectivity index (χ3v) is 9.81. The Bertz CT molecular complexity index is 1470. The second-order valence-electron chi connectivity index (χ2n) is 10.7. The molecule has 1 fully saturated rings. The van der Waals surface area contributed by atoms with Crippen LogP contribution in [0.2, 0.25) is 5.02 Å². The molecule has 1 N–H and O–H groups in total. The van der Waals surface area contributed by atoms with Gasteiger partial charge in [0.25, 0.3) is 10.0 Å². The van der Waals surface area contributed by atoms with Gasteiger partial charge in [-0.25, -0.2) is 8.42 Å². The predicted octanol–water partition coefficient (Wildman–Crippen LogP) is 6.02. The van der Waals surface area contributed by atoms with Crippen molar-refractivity contribution >= 4 is 39.1 Å². The minimum absolute atomic E-state index is 0.0199. The minimum Gasteiger partial charge on any atom is -0.352 e. The summed E-state index contributed by atoms with van der Waals surface area (Å²) < 4.78 is 29.1. The smallest absolute Gasteiger partial charge is 0.264 e. The van der Waals surface area contributed by atoms with Crippen molar-refractivity contribution in [2.24, 2.45) is 0 Å². The molecular formula is C32H38ClN3O4S. The lowest BCUT2D eigenvalue weighted by atomic mass is 9.95. The fourth-order valence-electron chi connectivity index (χ4n) is 5.21. The molecule has 41 heavy (non-hydrogen) atoms. The molecule has 0 spiro atoms. The number of hydrogen-bond acceptors (Lipinski definition) is 4. The summed E-state index contributed by atoms with van der Waals surface area (Å²) in [5.41, 5.74) is 2.97. The van der Waals surface area contributed by atoms with Crippen LogP contribution in [0.5, 0.6) is 0 Å². The number of carbonyl (C=O) groups is 2. The van der Waals surface area contributed by atoms with Crippen molar-refractivity contribution in [1.82, 2.24) is 10.2 Å². The van der Waals surface area contributed by atoms with E-state index < -0.39 is 28.5 Å². The number of rotatable bonds is 10. The molecular weight excluding hydrogens is 558 g/mol. The normalized spacial score (nSPS) is 14.7. The zero-order chi connectivity index (χ0) is 29.6. The fraction of sp³-hybridized carbons (Fsp3) is 0.375. The van der Waals surface area contributed by atoms with Gasteiger partial charge in [0.1, 0.15) is 12.6 Å². The Morgan fingerprint density at radius 1 is 0.902 bits per heavy atom. The van der Waals surface area contributed by atoms with Gasteiger partial charge < -0.3 is 10.2 Å². The SMILES string of the molecule is Cc1ccccc1CN(C(=O)CN(c1ccccc1C)S(=O)(=O)c1ccc(Cl)cc1)[C@@H](C)C(=O)NC1CCCCC1.